The number of sulfonamides is 1. The van der Waals surface area contributed by atoms with E-state index in [0.29, 0.717) is 24.2 Å². The van der Waals surface area contributed by atoms with E-state index in [1.54, 1.807) is 18.5 Å². The molecule has 1 atom stereocenters. The van der Waals surface area contributed by atoms with E-state index in [9.17, 15) is 16.8 Å². The molecule has 2 heterocycles. The number of sulfone groups is 1. The number of aromatic nitrogens is 2. The van der Waals surface area contributed by atoms with Gasteiger partial charge in [-0.2, -0.15) is 5.10 Å². The van der Waals surface area contributed by atoms with Crippen LogP contribution in [0.25, 0.3) is 0 Å². The van der Waals surface area contributed by atoms with Gasteiger partial charge in [-0.15, -0.1) is 0 Å². The van der Waals surface area contributed by atoms with Crippen molar-refractivity contribution in [3.8, 4) is 0 Å². The van der Waals surface area contributed by atoms with E-state index in [4.69, 9.17) is 0 Å². The molecule has 1 N–H and O–H groups in total. The predicted molar refractivity (Wildman–Crippen MR) is 99.3 cm³/mol. The molecule has 9 heteroatoms. The van der Waals surface area contributed by atoms with Crippen LogP contribution in [-0.4, -0.2) is 44.7 Å². The lowest BCUT2D eigenvalue weighted by Gasteiger charge is -2.12. The third-order valence-electron chi connectivity index (χ3n) is 4.63. The summed E-state index contributed by atoms with van der Waals surface area (Å²) in [5.41, 5.74) is 1.92. The lowest BCUT2D eigenvalue weighted by molar-refractivity contribution is 0.484. The van der Waals surface area contributed by atoms with Gasteiger partial charge in [0.2, 0.25) is 10.0 Å². The zero-order valence-electron chi connectivity index (χ0n) is 14.8. The number of hydrogen-bond acceptors (Lipinski definition) is 5. The highest BCUT2D eigenvalue weighted by Crippen LogP contribution is 2.28. The van der Waals surface area contributed by atoms with Crippen molar-refractivity contribution in [3.05, 3.63) is 47.3 Å². The monoisotopic (exact) mass is 397 g/mol. The van der Waals surface area contributed by atoms with E-state index in [-0.39, 0.29) is 29.0 Å². The number of nitrogens with one attached hydrogen (secondary N) is 1. The Morgan fingerprint density at radius 3 is 2.54 bits per heavy atom. The summed E-state index contributed by atoms with van der Waals surface area (Å²) < 4.78 is 53.1. The second-order valence-electron chi connectivity index (χ2n) is 6.63. The van der Waals surface area contributed by atoms with E-state index >= 15 is 0 Å². The molecule has 0 amide bonds. The van der Waals surface area contributed by atoms with Crippen LogP contribution in [0, 0.1) is 13.8 Å². The van der Waals surface area contributed by atoms with Crippen molar-refractivity contribution in [1.29, 1.82) is 0 Å². The first-order chi connectivity index (χ1) is 12.2. The Hall–Kier alpha value is -1.71. The second kappa shape index (κ2) is 7.13. The average molecular weight is 398 g/mol. The molecule has 142 valence electrons. The van der Waals surface area contributed by atoms with Crippen LogP contribution in [0.15, 0.2) is 35.2 Å². The molecule has 0 bridgehead atoms. The Morgan fingerprint density at radius 2 is 1.92 bits per heavy atom. The van der Waals surface area contributed by atoms with Crippen LogP contribution in [0.5, 0.6) is 0 Å². The molecule has 1 aliphatic heterocycles. The molecule has 1 saturated heterocycles. The highest BCUT2D eigenvalue weighted by Gasteiger charge is 2.33. The van der Waals surface area contributed by atoms with Crippen molar-refractivity contribution in [3.63, 3.8) is 0 Å². The first-order valence-corrected chi connectivity index (χ1v) is 11.8. The molecular weight excluding hydrogens is 374 g/mol. The summed E-state index contributed by atoms with van der Waals surface area (Å²) in [4.78, 5) is 0.148. The zero-order valence-corrected chi connectivity index (χ0v) is 16.5. The molecule has 2 aromatic rings. The van der Waals surface area contributed by atoms with Gasteiger partial charge >= 0.3 is 0 Å². The van der Waals surface area contributed by atoms with Crippen LogP contribution >= 0.6 is 0 Å². The third-order valence-corrected chi connectivity index (χ3v) is 8.09. The molecule has 1 fully saturated rings. The van der Waals surface area contributed by atoms with Crippen molar-refractivity contribution >= 4 is 19.9 Å². The van der Waals surface area contributed by atoms with Gasteiger partial charge in [0.1, 0.15) is 4.90 Å². The Kier molecular flexibility index (Phi) is 5.23. The van der Waals surface area contributed by atoms with Gasteiger partial charge in [-0.25, -0.2) is 21.6 Å². The molecule has 0 saturated carbocycles. The SMILES string of the molecule is Cc1nn([C@H]2CCS(=O)(=O)C2)c(C)c1S(=O)(=O)NCCc1ccccc1. The Balaban J connectivity index is 1.77. The van der Waals surface area contributed by atoms with E-state index in [1.165, 1.54) is 0 Å². The van der Waals surface area contributed by atoms with Crippen LogP contribution in [0.3, 0.4) is 0 Å². The molecule has 0 unspecified atom stereocenters. The summed E-state index contributed by atoms with van der Waals surface area (Å²) in [6.07, 6.45) is 1.05. The molecule has 7 nitrogen and oxygen atoms in total. The van der Waals surface area contributed by atoms with E-state index < -0.39 is 19.9 Å². The molecule has 26 heavy (non-hydrogen) atoms. The first-order valence-electron chi connectivity index (χ1n) is 8.49. The first kappa shape index (κ1) is 19.1. The molecular formula is C17H23N3O4S2. The molecule has 1 aliphatic rings. The molecule has 3 rings (SSSR count). The number of hydrogen-bond donors (Lipinski definition) is 1. The quantitative estimate of drug-likeness (QED) is 0.794. The maximum absolute atomic E-state index is 12.7. The lowest BCUT2D eigenvalue weighted by Crippen LogP contribution is -2.27. The third kappa shape index (κ3) is 3.99. The fourth-order valence-corrected chi connectivity index (χ4v) is 6.53. The van der Waals surface area contributed by atoms with E-state index in [0.717, 1.165) is 5.56 Å². The van der Waals surface area contributed by atoms with Gasteiger partial charge in [0.15, 0.2) is 9.84 Å². The van der Waals surface area contributed by atoms with Gasteiger partial charge in [-0.05, 0) is 32.3 Å². The van der Waals surface area contributed by atoms with E-state index in [2.05, 4.69) is 9.82 Å². The van der Waals surface area contributed by atoms with Crippen LogP contribution in [-0.2, 0) is 26.3 Å². The van der Waals surface area contributed by atoms with Crippen molar-refractivity contribution in [1.82, 2.24) is 14.5 Å². The predicted octanol–water partition coefficient (Wildman–Crippen LogP) is 1.38. The maximum Gasteiger partial charge on any atom is 0.244 e. The highest BCUT2D eigenvalue weighted by molar-refractivity contribution is 7.91. The van der Waals surface area contributed by atoms with Crippen LogP contribution in [0.2, 0.25) is 0 Å². The second-order valence-corrected chi connectivity index (χ2v) is 10.6. The van der Waals surface area contributed by atoms with Gasteiger partial charge < -0.3 is 0 Å². The minimum absolute atomic E-state index is 0.00980. The summed E-state index contributed by atoms with van der Waals surface area (Å²) in [5.74, 6) is 0.128. The molecule has 0 radical (unpaired) electrons. The van der Waals surface area contributed by atoms with Crippen LogP contribution in [0.4, 0.5) is 0 Å². The minimum atomic E-state index is -3.71. The molecule has 1 aromatic carbocycles. The van der Waals surface area contributed by atoms with Gasteiger partial charge in [0, 0.05) is 6.54 Å². The van der Waals surface area contributed by atoms with E-state index in [1.807, 2.05) is 30.3 Å². The molecule has 0 aliphatic carbocycles. The smallest absolute Gasteiger partial charge is 0.244 e. The summed E-state index contributed by atoms with van der Waals surface area (Å²) in [7, 11) is -6.78. The number of benzene rings is 1. The lowest BCUT2D eigenvalue weighted by atomic mass is 10.2. The van der Waals surface area contributed by atoms with Crippen molar-refractivity contribution in [2.75, 3.05) is 18.1 Å². The number of aryl methyl sites for hydroxylation is 1. The molecule has 0 spiro atoms. The van der Waals surface area contributed by atoms with Gasteiger partial charge in [-0.3, -0.25) is 4.68 Å². The summed E-state index contributed by atoms with van der Waals surface area (Å²) in [5, 5.41) is 4.32. The zero-order chi connectivity index (χ0) is 18.9. The number of nitrogens with zero attached hydrogens (tertiary/aromatic N) is 2. The van der Waals surface area contributed by atoms with Crippen LogP contribution < -0.4 is 4.72 Å². The Morgan fingerprint density at radius 1 is 1.23 bits per heavy atom. The fraction of sp³-hybridized carbons (Fsp3) is 0.471. The molecule has 1 aromatic heterocycles. The maximum atomic E-state index is 12.7. The summed E-state index contributed by atoms with van der Waals surface area (Å²) >= 11 is 0. The Bertz CT molecular complexity index is 996. The van der Waals surface area contributed by atoms with Crippen molar-refractivity contribution in [2.24, 2.45) is 0 Å². The summed E-state index contributed by atoms with van der Waals surface area (Å²) in [6, 6.07) is 9.34. The standard InChI is InChI=1S/C17H23N3O4S2/c1-13-17(14(2)20(19-13)16-9-11-25(21,22)12-16)26(23,24)18-10-8-15-6-4-3-5-7-15/h3-7,16,18H,8-12H2,1-2H3/t16-/m0/s1. The topological polar surface area (TPSA) is 98.1 Å². The van der Waals surface area contributed by atoms with Gasteiger partial charge in [0.05, 0.1) is 28.9 Å². The fourth-order valence-electron chi connectivity index (χ4n) is 3.41. The number of rotatable bonds is 6. The van der Waals surface area contributed by atoms with Gasteiger partial charge in [-0.1, -0.05) is 30.3 Å². The van der Waals surface area contributed by atoms with Crippen molar-refractivity contribution < 1.29 is 16.8 Å². The van der Waals surface area contributed by atoms with Crippen LogP contribution in [0.1, 0.15) is 29.4 Å². The highest BCUT2D eigenvalue weighted by atomic mass is 32.2. The largest absolute Gasteiger partial charge is 0.264 e. The van der Waals surface area contributed by atoms with Gasteiger partial charge in [0.25, 0.3) is 0 Å². The average Bonchev–Trinajstić information content (AvgIpc) is 3.07. The summed E-state index contributed by atoms with van der Waals surface area (Å²) in [6.45, 7) is 3.60. The normalized spacial score (nSPS) is 19.7. The minimum Gasteiger partial charge on any atom is -0.264 e. The Labute approximate surface area is 154 Å². The van der Waals surface area contributed by atoms with Crippen molar-refractivity contribution in [2.45, 2.75) is 37.6 Å².